The van der Waals surface area contributed by atoms with E-state index in [0.717, 1.165) is 32.1 Å². The number of hydrogen-bond acceptors (Lipinski definition) is 7. The maximum absolute atomic E-state index is 13.3. The zero-order valence-electron chi connectivity index (χ0n) is 23.6. The van der Waals surface area contributed by atoms with Gasteiger partial charge in [0.1, 0.15) is 0 Å². The molecule has 0 aliphatic carbocycles. The van der Waals surface area contributed by atoms with E-state index in [-0.39, 0.29) is 18.4 Å². The first kappa shape index (κ1) is 30.1. The Morgan fingerprint density at radius 3 is 2.12 bits per heavy atom. The van der Waals surface area contributed by atoms with Gasteiger partial charge in [0, 0.05) is 23.0 Å². The third-order valence-corrected chi connectivity index (χ3v) is 7.79. The molecule has 1 unspecified atom stereocenters. The number of imide groups is 1. The Balaban J connectivity index is 1.42. The lowest BCUT2D eigenvalue weighted by molar-refractivity contribution is -0.139. The number of rotatable bonds is 12. The zero-order chi connectivity index (χ0) is 29.5. The van der Waals surface area contributed by atoms with Crippen LogP contribution in [0.25, 0.3) is 0 Å². The van der Waals surface area contributed by atoms with Crippen molar-refractivity contribution in [2.45, 2.75) is 58.3 Å². The third-order valence-electron chi connectivity index (χ3n) is 7.45. The van der Waals surface area contributed by atoms with Crippen molar-refractivity contribution in [3.8, 4) is 0 Å². The molecule has 8 nitrogen and oxygen atoms in total. The largest absolute Gasteiger partial charge is 0.466 e. The number of dihydropyridines is 1. The van der Waals surface area contributed by atoms with E-state index < -0.39 is 17.9 Å². The van der Waals surface area contributed by atoms with Crippen LogP contribution in [-0.2, 0) is 19.1 Å². The molecule has 0 saturated carbocycles. The van der Waals surface area contributed by atoms with E-state index in [4.69, 9.17) is 21.1 Å². The molecule has 2 aliphatic rings. The number of carbonyl (C=O) groups excluding carboxylic acids is 4. The van der Waals surface area contributed by atoms with Crippen molar-refractivity contribution in [3.63, 3.8) is 0 Å². The summed E-state index contributed by atoms with van der Waals surface area (Å²) < 4.78 is 10.5. The summed E-state index contributed by atoms with van der Waals surface area (Å²) in [6.07, 6.45) is 4.72. The smallest absolute Gasteiger partial charge is 0.336 e. The molecule has 0 bridgehead atoms. The van der Waals surface area contributed by atoms with Crippen LogP contribution in [0.5, 0.6) is 0 Å². The summed E-state index contributed by atoms with van der Waals surface area (Å²) in [7, 11) is 1.31. The number of hydrogen-bond donors (Lipinski definition) is 1. The number of carbonyl (C=O) groups is 4. The Labute approximate surface area is 245 Å². The van der Waals surface area contributed by atoms with Gasteiger partial charge in [0.15, 0.2) is 0 Å². The van der Waals surface area contributed by atoms with Crippen LogP contribution >= 0.6 is 11.6 Å². The van der Waals surface area contributed by atoms with Crippen LogP contribution in [0, 0.1) is 0 Å². The van der Waals surface area contributed by atoms with E-state index in [1.165, 1.54) is 12.0 Å². The van der Waals surface area contributed by atoms with Crippen LogP contribution in [0.1, 0.15) is 84.6 Å². The highest BCUT2D eigenvalue weighted by Crippen LogP contribution is 2.42. The second kappa shape index (κ2) is 13.6. The Morgan fingerprint density at radius 1 is 0.878 bits per heavy atom. The summed E-state index contributed by atoms with van der Waals surface area (Å²) in [4.78, 5) is 52.6. The van der Waals surface area contributed by atoms with Crippen LogP contribution < -0.4 is 5.32 Å². The van der Waals surface area contributed by atoms with Crippen molar-refractivity contribution in [3.05, 3.63) is 92.8 Å². The van der Waals surface area contributed by atoms with E-state index in [1.807, 2.05) is 6.07 Å². The second-order valence-corrected chi connectivity index (χ2v) is 10.5. The third kappa shape index (κ3) is 6.38. The first-order chi connectivity index (χ1) is 19.8. The molecule has 0 fully saturated rings. The topological polar surface area (TPSA) is 102 Å². The maximum atomic E-state index is 13.3. The molecule has 0 radical (unpaired) electrons. The van der Waals surface area contributed by atoms with Crippen molar-refractivity contribution in [1.82, 2.24) is 10.2 Å². The molecule has 4 rings (SSSR count). The fraction of sp³-hybridized carbons (Fsp3) is 0.375. The first-order valence-electron chi connectivity index (χ1n) is 14.0. The Kier molecular flexibility index (Phi) is 10.00. The fourth-order valence-electron chi connectivity index (χ4n) is 5.49. The lowest BCUT2D eigenvalue weighted by atomic mass is 9.79. The van der Waals surface area contributed by atoms with E-state index in [9.17, 15) is 19.2 Å². The Morgan fingerprint density at radius 2 is 1.49 bits per heavy atom. The summed E-state index contributed by atoms with van der Waals surface area (Å²) in [5.41, 5.74) is 3.55. The van der Waals surface area contributed by atoms with Gasteiger partial charge in [0.2, 0.25) is 0 Å². The summed E-state index contributed by atoms with van der Waals surface area (Å²) >= 11 is 6.56. The van der Waals surface area contributed by atoms with Gasteiger partial charge in [0.25, 0.3) is 11.8 Å². The predicted octanol–water partition coefficient (Wildman–Crippen LogP) is 5.93. The molecule has 2 heterocycles. The highest BCUT2D eigenvalue weighted by molar-refractivity contribution is 6.31. The standard InChI is InChI=1S/C32H35ClN2O6/c1-4-41-32(39)28-25(34-20(2)26(31(38)40-3)27(28)23-16-11-12-17-24(23)33)18-8-6-5-7-13-19-35-29(36)21-14-9-10-15-22(21)30(35)37/h9-12,14-17,27,34H,4-8,13,18-19H2,1-3H3. The van der Waals surface area contributed by atoms with Gasteiger partial charge in [-0.3, -0.25) is 14.5 Å². The molecule has 216 valence electrons. The fourth-order valence-corrected chi connectivity index (χ4v) is 5.73. The quantitative estimate of drug-likeness (QED) is 0.189. The summed E-state index contributed by atoms with van der Waals surface area (Å²) in [5.74, 6) is -2.23. The van der Waals surface area contributed by atoms with Crippen molar-refractivity contribution < 1.29 is 28.7 Å². The molecule has 1 atom stereocenters. The Bertz CT molecular complexity index is 1380. The molecular formula is C32H35ClN2O6. The van der Waals surface area contributed by atoms with Gasteiger partial charge in [-0.1, -0.05) is 61.2 Å². The lowest BCUT2D eigenvalue weighted by Crippen LogP contribution is -2.33. The first-order valence-corrected chi connectivity index (χ1v) is 14.3. The molecule has 0 aromatic heterocycles. The SMILES string of the molecule is CCOC(=O)C1=C(CCCCCCCN2C(=O)c3ccccc3C2=O)NC(C)=C(C(=O)OC)C1c1ccccc1Cl. The number of nitrogens with zero attached hydrogens (tertiary/aromatic N) is 1. The van der Waals surface area contributed by atoms with Gasteiger partial charge in [-0.2, -0.15) is 0 Å². The normalized spacial score (nSPS) is 16.6. The molecule has 2 aromatic rings. The van der Waals surface area contributed by atoms with Crippen molar-refractivity contribution in [2.75, 3.05) is 20.3 Å². The van der Waals surface area contributed by atoms with Gasteiger partial charge < -0.3 is 14.8 Å². The number of ether oxygens (including phenoxy) is 2. The summed E-state index contributed by atoms with van der Waals surface area (Å²) in [5, 5.41) is 3.72. The highest BCUT2D eigenvalue weighted by atomic mass is 35.5. The molecule has 0 saturated heterocycles. The molecule has 2 aromatic carbocycles. The average molecular weight is 579 g/mol. The van der Waals surface area contributed by atoms with Gasteiger partial charge >= 0.3 is 11.9 Å². The van der Waals surface area contributed by atoms with E-state index in [2.05, 4.69) is 5.32 Å². The maximum Gasteiger partial charge on any atom is 0.336 e. The minimum absolute atomic E-state index is 0.189. The van der Waals surface area contributed by atoms with Crippen LogP contribution in [0.3, 0.4) is 0 Å². The summed E-state index contributed by atoms with van der Waals surface area (Å²) in [6, 6.07) is 14.1. The van der Waals surface area contributed by atoms with Crippen LogP contribution in [-0.4, -0.2) is 48.9 Å². The number of amides is 2. The minimum Gasteiger partial charge on any atom is -0.466 e. The predicted molar refractivity (Wildman–Crippen MR) is 155 cm³/mol. The summed E-state index contributed by atoms with van der Waals surface area (Å²) in [6.45, 7) is 4.11. The number of benzene rings is 2. The number of esters is 2. The van der Waals surface area contributed by atoms with E-state index in [1.54, 1.807) is 56.3 Å². The van der Waals surface area contributed by atoms with Gasteiger partial charge in [0.05, 0.1) is 41.9 Å². The van der Waals surface area contributed by atoms with Gasteiger partial charge in [-0.05, 0) is 56.9 Å². The number of nitrogens with one attached hydrogen (secondary N) is 1. The van der Waals surface area contributed by atoms with Crippen LogP contribution in [0.15, 0.2) is 71.1 Å². The molecule has 2 aliphatic heterocycles. The number of fused-ring (bicyclic) bond motifs is 1. The molecule has 0 spiro atoms. The number of halogens is 1. The van der Waals surface area contributed by atoms with Crippen molar-refractivity contribution in [2.24, 2.45) is 0 Å². The molecule has 1 N–H and O–H groups in total. The van der Waals surface area contributed by atoms with Gasteiger partial charge in [-0.15, -0.1) is 0 Å². The average Bonchev–Trinajstić information content (AvgIpc) is 3.21. The lowest BCUT2D eigenvalue weighted by Gasteiger charge is -2.32. The van der Waals surface area contributed by atoms with Gasteiger partial charge in [-0.25, -0.2) is 9.59 Å². The monoisotopic (exact) mass is 578 g/mol. The molecule has 41 heavy (non-hydrogen) atoms. The van der Waals surface area contributed by atoms with E-state index >= 15 is 0 Å². The second-order valence-electron chi connectivity index (χ2n) is 10.0. The van der Waals surface area contributed by atoms with Crippen molar-refractivity contribution >= 4 is 35.4 Å². The zero-order valence-corrected chi connectivity index (χ0v) is 24.4. The van der Waals surface area contributed by atoms with E-state index in [0.29, 0.717) is 57.2 Å². The van der Waals surface area contributed by atoms with Crippen molar-refractivity contribution in [1.29, 1.82) is 0 Å². The van der Waals surface area contributed by atoms with Crippen LogP contribution in [0.2, 0.25) is 5.02 Å². The minimum atomic E-state index is -0.730. The van der Waals surface area contributed by atoms with Crippen LogP contribution in [0.4, 0.5) is 0 Å². The number of allylic oxidation sites excluding steroid dienone is 2. The molecule has 9 heteroatoms. The molecule has 2 amide bonds. The highest BCUT2D eigenvalue weighted by Gasteiger charge is 2.39. The number of unbranched alkanes of at least 4 members (excludes halogenated alkanes) is 4. The Hall–Kier alpha value is -3.91. The number of methoxy groups -OCH3 is 1. The molecular weight excluding hydrogens is 544 g/mol.